The van der Waals surface area contributed by atoms with E-state index >= 15 is 0 Å². The second-order valence-electron chi connectivity index (χ2n) is 7.82. The zero-order valence-electron chi connectivity index (χ0n) is 18.2. The number of anilines is 1. The Kier molecular flexibility index (Phi) is 6.95. The lowest BCUT2D eigenvalue weighted by Gasteiger charge is -2.33. The van der Waals surface area contributed by atoms with Crippen molar-refractivity contribution >= 4 is 5.69 Å². The highest BCUT2D eigenvalue weighted by atomic mass is 16.5. The topological polar surface area (TPSA) is 43.0 Å². The Hall–Kier alpha value is -3.18. The van der Waals surface area contributed by atoms with Gasteiger partial charge in [0.15, 0.2) is 0 Å². The minimum absolute atomic E-state index is 0.436. The number of hydrogen-bond acceptors (Lipinski definition) is 5. The lowest BCUT2D eigenvalue weighted by molar-refractivity contribution is 0.211. The summed E-state index contributed by atoms with van der Waals surface area (Å²) in [4.78, 5) is 2.51. The van der Waals surface area contributed by atoms with Crippen LogP contribution in [-0.2, 0) is 6.54 Å². The monoisotopic (exact) mass is 418 g/mol. The molecule has 3 aromatic rings. The van der Waals surface area contributed by atoms with E-state index < -0.39 is 0 Å². The molecule has 162 valence electrons. The molecule has 0 amide bonds. The lowest BCUT2D eigenvalue weighted by Crippen LogP contribution is -2.38. The Bertz CT molecular complexity index is 969. The molecule has 0 bridgehead atoms. The Labute approximate surface area is 184 Å². The van der Waals surface area contributed by atoms with Crippen LogP contribution < -0.4 is 19.5 Å². The first-order valence-electron chi connectivity index (χ1n) is 10.8. The highest BCUT2D eigenvalue weighted by Gasteiger charge is 2.20. The van der Waals surface area contributed by atoms with Gasteiger partial charge >= 0.3 is 0 Å². The van der Waals surface area contributed by atoms with Crippen molar-refractivity contribution < 1.29 is 14.2 Å². The third kappa shape index (κ3) is 5.70. The minimum Gasteiger partial charge on any atom is -0.497 e. The molecule has 0 aliphatic carbocycles. The number of rotatable bonds is 8. The molecule has 1 saturated heterocycles. The maximum atomic E-state index is 5.98. The summed E-state index contributed by atoms with van der Waals surface area (Å²) in [5.41, 5.74) is 2.30. The van der Waals surface area contributed by atoms with Gasteiger partial charge in [-0.3, -0.25) is 4.90 Å². The van der Waals surface area contributed by atoms with Crippen molar-refractivity contribution in [2.24, 2.45) is 0 Å². The van der Waals surface area contributed by atoms with Crippen LogP contribution in [0.1, 0.15) is 18.4 Å². The van der Waals surface area contributed by atoms with Crippen molar-refractivity contribution in [1.82, 2.24) is 4.90 Å². The average Bonchev–Trinajstić information content (AvgIpc) is 2.81. The average molecular weight is 419 g/mol. The molecule has 0 saturated carbocycles. The van der Waals surface area contributed by atoms with Gasteiger partial charge in [-0.1, -0.05) is 30.3 Å². The molecular weight excluding hydrogens is 388 g/mol. The lowest BCUT2D eigenvalue weighted by atomic mass is 10.0. The molecule has 5 nitrogen and oxygen atoms in total. The van der Waals surface area contributed by atoms with E-state index in [4.69, 9.17) is 14.2 Å². The van der Waals surface area contributed by atoms with Crippen molar-refractivity contribution in [2.75, 3.05) is 32.6 Å². The third-order valence-electron chi connectivity index (χ3n) is 5.64. The second kappa shape index (κ2) is 10.2. The summed E-state index contributed by atoms with van der Waals surface area (Å²) in [5.74, 6) is 3.36. The zero-order valence-corrected chi connectivity index (χ0v) is 18.2. The molecule has 5 heteroatoms. The van der Waals surface area contributed by atoms with Crippen molar-refractivity contribution in [3.63, 3.8) is 0 Å². The number of nitrogens with one attached hydrogen (secondary N) is 1. The number of ether oxygens (including phenoxy) is 3. The van der Waals surface area contributed by atoms with Gasteiger partial charge < -0.3 is 19.5 Å². The molecule has 3 aromatic carbocycles. The van der Waals surface area contributed by atoms with Gasteiger partial charge in [0.05, 0.1) is 19.9 Å². The van der Waals surface area contributed by atoms with Crippen LogP contribution >= 0.6 is 0 Å². The standard InChI is InChI=1S/C26H30N2O3/c1-29-23-11-12-25(26(18-23)30-2)27-21-13-15-28(16-14-21)19-20-7-6-10-24(17-20)31-22-8-4-3-5-9-22/h3-12,17-18,21,27H,13-16,19H2,1-2H3. The van der Waals surface area contributed by atoms with Gasteiger partial charge in [0.25, 0.3) is 0 Å². The van der Waals surface area contributed by atoms with E-state index in [0.29, 0.717) is 6.04 Å². The first-order chi connectivity index (χ1) is 15.2. The van der Waals surface area contributed by atoms with Crippen molar-refractivity contribution in [3.8, 4) is 23.0 Å². The van der Waals surface area contributed by atoms with Crippen LogP contribution in [-0.4, -0.2) is 38.3 Å². The van der Waals surface area contributed by atoms with Crippen LogP contribution in [0.5, 0.6) is 23.0 Å². The first kappa shape index (κ1) is 21.1. The molecule has 0 unspecified atom stereocenters. The molecule has 1 aliphatic rings. The number of para-hydroxylation sites is 1. The van der Waals surface area contributed by atoms with Gasteiger partial charge in [-0.05, 0) is 54.8 Å². The fraction of sp³-hybridized carbons (Fsp3) is 0.308. The number of hydrogen-bond donors (Lipinski definition) is 1. The number of nitrogens with zero attached hydrogens (tertiary/aromatic N) is 1. The number of benzene rings is 3. The molecule has 1 heterocycles. The fourth-order valence-corrected chi connectivity index (χ4v) is 3.96. The number of methoxy groups -OCH3 is 2. The summed E-state index contributed by atoms with van der Waals surface area (Å²) in [5, 5.41) is 3.65. The van der Waals surface area contributed by atoms with Crippen LogP contribution in [0.3, 0.4) is 0 Å². The van der Waals surface area contributed by atoms with E-state index in [1.165, 1.54) is 5.56 Å². The van der Waals surface area contributed by atoms with Crippen molar-refractivity contribution in [3.05, 3.63) is 78.4 Å². The van der Waals surface area contributed by atoms with Crippen LogP contribution in [0, 0.1) is 0 Å². The van der Waals surface area contributed by atoms with E-state index in [-0.39, 0.29) is 0 Å². The Morgan fingerprint density at radius 3 is 2.32 bits per heavy atom. The molecule has 0 radical (unpaired) electrons. The minimum atomic E-state index is 0.436. The SMILES string of the molecule is COc1ccc(NC2CCN(Cc3cccc(Oc4ccccc4)c3)CC2)c(OC)c1. The Morgan fingerprint density at radius 1 is 0.806 bits per heavy atom. The molecule has 0 aromatic heterocycles. The van der Waals surface area contributed by atoms with E-state index in [2.05, 4.69) is 28.4 Å². The molecule has 0 atom stereocenters. The fourth-order valence-electron chi connectivity index (χ4n) is 3.96. The smallest absolute Gasteiger partial charge is 0.145 e. The summed E-state index contributed by atoms with van der Waals surface area (Å²) < 4.78 is 16.8. The van der Waals surface area contributed by atoms with E-state index in [9.17, 15) is 0 Å². The van der Waals surface area contributed by atoms with Gasteiger partial charge in [0.1, 0.15) is 23.0 Å². The zero-order chi connectivity index (χ0) is 21.5. The maximum Gasteiger partial charge on any atom is 0.145 e. The molecule has 4 rings (SSSR count). The molecular formula is C26H30N2O3. The Balaban J connectivity index is 1.30. The van der Waals surface area contributed by atoms with Crippen LogP contribution in [0.2, 0.25) is 0 Å². The highest BCUT2D eigenvalue weighted by Crippen LogP contribution is 2.31. The predicted octanol–water partition coefficient (Wildman–Crippen LogP) is 5.57. The molecule has 0 spiro atoms. The van der Waals surface area contributed by atoms with Crippen molar-refractivity contribution in [1.29, 1.82) is 0 Å². The van der Waals surface area contributed by atoms with E-state index in [1.54, 1.807) is 14.2 Å². The third-order valence-corrected chi connectivity index (χ3v) is 5.64. The predicted molar refractivity (Wildman–Crippen MR) is 124 cm³/mol. The number of likely N-dealkylation sites (tertiary alicyclic amines) is 1. The van der Waals surface area contributed by atoms with Crippen LogP contribution in [0.15, 0.2) is 72.8 Å². The summed E-state index contributed by atoms with van der Waals surface area (Å²) in [7, 11) is 3.36. The van der Waals surface area contributed by atoms with Gasteiger partial charge in [-0.2, -0.15) is 0 Å². The van der Waals surface area contributed by atoms with Gasteiger partial charge in [0.2, 0.25) is 0 Å². The van der Waals surface area contributed by atoms with Crippen LogP contribution in [0.25, 0.3) is 0 Å². The Morgan fingerprint density at radius 2 is 1.58 bits per heavy atom. The van der Waals surface area contributed by atoms with Crippen molar-refractivity contribution in [2.45, 2.75) is 25.4 Å². The molecule has 31 heavy (non-hydrogen) atoms. The summed E-state index contributed by atoms with van der Waals surface area (Å²) in [6, 6.07) is 24.6. The van der Waals surface area contributed by atoms with Gasteiger partial charge in [-0.15, -0.1) is 0 Å². The van der Waals surface area contributed by atoms with E-state index in [0.717, 1.165) is 61.2 Å². The quantitative estimate of drug-likeness (QED) is 0.518. The highest BCUT2D eigenvalue weighted by molar-refractivity contribution is 5.59. The normalized spacial score (nSPS) is 14.8. The molecule has 1 fully saturated rings. The van der Waals surface area contributed by atoms with Crippen LogP contribution in [0.4, 0.5) is 5.69 Å². The first-order valence-corrected chi connectivity index (χ1v) is 10.8. The summed E-state index contributed by atoms with van der Waals surface area (Å²) in [6.45, 7) is 3.05. The van der Waals surface area contributed by atoms with Gasteiger partial charge in [-0.25, -0.2) is 0 Å². The summed E-state index contributed by atoms with van der Waals surface area (Å²) in [6.07, 6.45) is 2.19. The molecule has 1 aliphatic heterocycles. The maximum absolute atomic E-state index is 5.98. The second-order valence-corrected chi connectivity index (χ2v) is 7.82. The summed E-state index contributed by atoms with van der Waals surface area (Å²) >= 11 is 0. The molecule has 1 N–H and O–H groups in total. The van der Waals surface area contributed by atoms with E-state index in [1.807, 2.05) is 54.6 Å². The number of piperidine rings is 1. The largest absolute Gasteiger partial charge is 0.497 e. The van der Waals surface area contributed by atoms with Gasteiger partial charge in [0, 0.05) is 31.7 Å².